The molecule has 10 nitrogen and oxygen atoms in total. The van der Waals surface area contributed by atoms with Crippen LogP contribution in [0.5, 0.6) is 0 Å². The Kier molecular flexibility index (Phi) is 7.34. The molecule has 0 aromatic rings. The molecule has 0 saturated carbocycles. The summed E-state index contributed by atoms with van der Waals surface area (Å²) in [5.74, 6) is -2.49. The average Bonchev–Trinajstić information content (AvgIpc) is 2.53. The maximum Gasteiger partial charge on any atom is 0.242 e. The van der Waals surface area contributed by atoms with Gasteiger partial charge in [0.1, 0.15) is 24.2 Å². The fourth-order valence-electron chi connectivity index (χ4n) is 2.04. The fraction of sp³-hybridized carbons (Fsp3) is 0.667. The topological polar surface area (TPSA) is 146 Å². The molecule has 1 rings (SSSR count). The van der Waals surface area contributed by atoms with E-state index >= 15 is 0 Å². The second-order valence-electron chi connectivity index (χ2n) is 6.02. The first-order valence-corrected chi connectivity index (χ1v) is 8.10. The third-order valence-corrected chi connectivity index (χ3v) is 3.68. The van der Waals surface area contributed by atoms with Gasteiger partial charge in [0.15, 0.2) is 0 Å². The number of carbonyl (C=O) groups is 5. The molecule has 1 heterocycles. The first-order valence-electron chi connectivity index (χ1n) is 8.10. The van der Waals surface area contributed by atoms with Gasteiger partial charge in [-0.25, -0.2) is 0 Å². The van der Waals surface area contributed by atoms with E-state index in [1.54, 1.807) is 0 Å². The van der Waals surface area contributed by atoms with Gasteiger partial charge in [-0.05, 0) is 27.7 Å². The summed E-state index contributed by atoms with van der Waals surface area (Å²) in [4.78, 5) is 59.7. The predicted octanol–water partition coefficient (Wildman–Crippen LogP) is -2.47. The second kappa shape index (κ2) is 9.00. The maximum atomic E-state index is 12.1. The van der Waals surface area contributed by atoms with Crippen molar-refractivity contribution in [3.8, 4) is 0 Å². The largest absolute Gasteiger partial charge is 0.354 e. The van der Waals surface area contributed by atoms with E-state index in [-0.39, 0.29) is 13.0 Å². The van der Waals surface area contributed by atoms with E-state index < -0.39 is 53.7 Å². The van der Waals surface area contributed by atoms with E-state index in [2.05, 4.69) is 26.6 Å². The highest BCUT2D eigenvalue weighted by molar-refractivity contribution is 5.95. The molecule has 5 amide bonds. The van der Waals surface area contributed by atoms with Crippen LogP contribution >= 0.6 is 0 Å². The van der Waals surface area contributed by atoms with Gasteiger partial charge in [0.25, 0.3) is 0 Å². The zero-order valence-electron chi connectivity index (χ0n) is 14.8. The highest BCUT2D eigenvalue weighted by Gasteiger charge is 2.25. The second-order valence-corrected chi connectivity index (χ2v) is 6.02. The van der Waals surface area contributed by atoms with Crippen molar-refractivity contribution in [1.29, 1.82) is 0 Å². The van der Waals surface area contributed by atoms with E-state index in [9.17, 15) is 24.0 Å². The third kappa shape index (κ3) is 6.40. The number of carbonyl (C=O) groups excluding carboxylic acids is 5. The molecule has 5 N–H and O–H groups in total. The van der Waals surface area contributed by atoms with Crippen molar-refractivity contribution in [3.05, 3.63) is 0 Å². The zero-order chi connectivity index (χ0) is 19.1. The smallest absolute Gasteiger partial charge is 0.242 e. The molecule has 0 bridgehead atoms. The van der Waals surface area contributed by atoms with Gasteiger partial charge in [-0.3, -0.25) is 24.0 Å². The van der Waals surface area contributed by atoms with Gasteiger partial charge in [0.05, 0.1) is 0 Å². The lowest BCUT2D eigenvalue weighted by Crippen LogP contribution is -2.56. The zero-order valence-corrected chi connectivity index (χ0v) is 14.8. The minimum absolute atomic E-state index is 0.0174. The summed E-state index contributed by atoms with van der Waals surface area (Å²) < 4.78 is 0. The Balaban J connectivity index is 2.88. The van der Waals surface area contributed by atoms with E-state index in [0.29, 0.717) is 0 Å². The van der Waals surface area contributed by atoms with Gasteiger partial charge in [0.2, 0.25) is 29.5 Å². The lowest BCUT2D eigenvalue weighted by Gasteiger charge is -2.22. The van der Waals surface area contributed by atoms with Gasteiger partial charge < -0.3 is 26.6 Å². The number of hydrogen-bond donors (Lipinski definition) is 5. The van der Waals surface area contributed by atoms with Crippen molar-refractivity contribution in [2.45, 2.75) is 58.3 Å². The van der Waals surface area contributed by atoms with E-state index in [4.69, 9.17) is 0 Å². The van der Waals surface area contributed by atoms with Gasteiger partial charge in [-0.2, -0.15) is 0 Å². The predicted molar refractivity (Wildman–Crippen MR) is 88.0 cm³/mol. The highest BCUT2D eigenvalue weighted by Crippen LogP contribution is 1.93. The minimum atomic E-state index is -0.893. The van der Waals surface area contributed by atoms with Crippen LogP contribution in [0.15, 0.2) is 0 Å². The summed E-state index contributed by atoms with van der Waals surface area (Å²) in [7, 11) is 0. The highest BCUT2D eigenvalue weighted by atomic mass is 16.2. The molecule has 1 saturated heterocycles. The van der Waals surface area contributed by atoms with Crippen molar-refractivity contribution in [3.63, 3.8) is 0 Å². The van der Waals surface area contributed by atoms with Gasteiger partial charge in [-0.15, -0.1) is 0 Å². The van der Waals surface area contributed by atoms with Crippen LogP contribution in [0.2, 0.25) is 0 Å². The third-order valence-electron chi connectivity index (χ3n) is 3.68. The van der Waals surface area contributed by atoms with Crippen molar-refractivity contribution in [1.82, 2.24) is 26.6 Å². The fourth-order valence-corrected chi connectivity index (χ4v) is 2.04. The Morgan fingerprint density at radius 3 is 1.40 bits per heavy atom. The molecule has 1 fully saturated rings. The number of hydrogen-bond acceptors (Lipinski definition) is 5. The van der Waals surface area contributed by atoms with E-state index in [1.807, 2.05) is 0 Å². The van der Waals surface area contributed by atoms with Crippen molar-refractivity contribution >= 4 is 29.5 Å². The summed E-state index contributed by atoms with van der Waals surface area (Å²) in [5, 5.41) is 12.4. The van der Waals surface area contributed by atoms with Crippen LogP contribution in [0.1, 0.15) is 34.1 Å². The molecule has 10 heteroatoms. The molecule has 0 aliphatic carbocycles. The lowest BCUT2D eigenvalue weighted by atomic mass is 10.2. The van der Waals surface area contributed by atoms with Crippen LogP contribution in [-0.4, -0.2) is 60.2 Å². The van der Waals surface area contributed by atoms with Gasteiger partial charge in [0, 0.05) is 13.0 Å². The Morgan fingerprint density at radius 2 is 0.960 bits per heavy atom. The summed E-state index contributed by atoms with van der Waals surface area (Å²) in [5.41, 5.74) is 0. The summed E-state index contributed by atoms with van der Waals surface area (Å²) in [6.45, 7) is 5.99. The SMILES string of the molecule is CC1NC(=O)CCNC(=O)C(C)NC(=O)C(C)NC(=O)C(C)NC1=O. The summed E-state index contributed by atoms with van der Waals surface area (Å²) in [6, 6.07) is -3.44. The van der Waals surface area contributed by atoms with Crippen molar-refractivity contribution in [2.24, 2.45) is 0 Å². The molecule has 25 heavy (non-hydrogen) atoms. The van der Waals surface area contributed by atoms with Crippen LogP contribution < -0.4 is 26.6 Å². The van der Waals surface area contributed by atoms with E-state index in [1.165, 1.54) is 27.7 Å². The molecular formula is C15H25N5O5. The van der Waals surface area contributed by atoms with Crippen LogP contribution in [0, 0.1) is 0 Å². The molecular weight excluding hydrogens is 330 g/mol. The lowest BCUT2D eigenvalue weighted by molar-refractivity contribution is -0.134. The quantitative estimate of drug-likeness (QED) is 0.327. The Labute approximate surface area is 145 Å². The van der Waals surface area contributed by atoms with Gasteiger partial charge in [-0.1, -0.05) is 0 Å². The van der Waals surface area contributed by atoms with Crippen LogP contribution in [0.4, 0.5) is 0 Å². The molecule has 0 spiro atoms. The monoisotopic (exact) mass is 355 g/mol. The molecule has 0 aromatic heterocycles. The number of nitrogens with one attached hydrogen (secondary N) is 5. The van der Waals surface area contributed by atoms with Gasteiger partial charge >= 0.3 is 0 Å². The number of amides is 5. The van der Waals surface area contributed by atoms with Crippen LogP contribution in [0.3, 0.4) is 0 Å². The Bertz CT molecular complexity index is 565. The first kappa shape index (κ1) is 20.4. The van der Waals surface area contributed by atoms with E-state index in [0.717, 1.165) is 0 Å². The summed E-state index contributed by atoms with van der Waals surface area (Å²) in [6.07, 6.45) is -0.0174. The van der Waals surface area contributed by atoms with Crippen LogP contribution in [-0.2, 0) is 24.0 Å². The van der Waals surface area contributed by atoms with Crippen molar-refractivity contribution < 1.29 is 24.0 Å². The molecule has 1 aliphatic rings. The number of rotatable bonds is 0. The Morgan fingerprint density at radius 1 is 0.600 bits per heavy atom. The standard InChI is InChI=1S/C15H25N5O5/c1-7-12(22)16-6-5-11(21)17-8(2)13(23)19-10(4)15(25)20-9(3)14(24)18-7/h7-10H,5-6H2,1-4H3,(H,16,22)(H,17,21)(H,18,24)(H,19,23)(H,20,25). The molecule has 4 atom stereocenters. The van der Waals surface area contributed by atoms with Crippen LogP contribution in [0.25, 0.3) is 0 Å². The molecule has 0 radical (unpaired) electrons. The maximum absolute atomic E-state index is 12.1. The molecule has 140 valence electrons. The molecule has 0 aromatic carbocycles. The normalized spacial score (nSPS) is 30.5. The van der Waals surface area contributed by atoms with Crippen molar-refractivity contribution in [2.75, 3.05) is 6.54 Å². The molecule has 4 unspecified atom stereocenters. The Hall–Kier alpha value is -2.65. The minimum Gasteiger partial charge on any atom is -0.354 e. The summed E-state index contributed by atoms with van der Waals surface area (Å²) >= 11 is 0. The molecule has 1 aliphatic heterocycles. The first-order chi connectivity index (χ1) is 11.6. The average molecular weight is 355 g/mol.